The van der Waals surface area contributed by atoms with Crippen LogP contribution in [0.15, 0.2) is 18.2 Å². The first-order valence-corrected chi connectivity index (χ1v) is 4.71. The molecular weight excluding hydrogens is 178 g/mol. The maximum Gasteiger partial charge on any atom is 0.214 e. The van der Waals surface area contributed by atoms with E-state index in [2.05, 4.69) is 0 Å². The van der Waals surface area contributed by atoms with E-state index in [9.17, 15) is 10.1 Å². The summed E-state index contributed by atoms with van der Waals surface area (Å²) in [7, 11) is 0. The molecule has 0 spiro atoms. The van der Waals surface area contributed by atoms with Crippen molar-refractivity contribution in [3.8, 4) is 0 Å². The van der Waals surface area contributed by atoms with Crippen LogP contribution in [-0.4, -0.2) is 11.0 Å². The Morgan fingerprint density at radius 3 is 2.64 bits per heavy atom. The van der Waals surface area contributed by atoms with E-state index in [0.717, 1.165) is 5.56 Å². The van der Waals surface area contributed by atoms with Crippen molar-refractivity contribution in [2.45, 2.75) is 33.2 Å². The summed E-state index contributed by atoms with van der Waals surface area (Å²) in [6.07, 6.45) is 0.514. The van der Waals surface area contributed by atoms with E-state index < -0.39 is 6.04 Å². The van der Waals surface area contributed by atoms with Gasteiger partial charge in [-0.05, 0) is 30.5 Å². The molecule has 0 fully saturated rings. The summed E-state index contributed by atoms with van der Waals surface area (Å²) in [5, 5.41) is 10.5. The van der Waals surface area contributed by atoms with E-state index in [4.69, 9.17) is 0 Å². The summed E-state index contributed by atoms with van der Waals surface area (Å²) in [5.74, 6) is 0. The van der Waals surface area contributed by atoms with Gasteiger partial charge in [-0.1, -0.05) is 18.2 Å². The molecule has 0 aliphatic carbocycles. The molecule has 76 valence electrons. The van der Waals surface area contributed by atoms with Crippen molar-refractivity contribution in [1.29, 1.82) is 0 Å². The van der Waals surface area contributed by atoms with Crippen LogP contribution in [0.3, 0.4) is 0 Å². The molecule has 3 heteroatoms. The second-order valence-corrected chi connectivity index (χ2v) is 3.70. The predicted molar refractivity (Wildman–Crippen MR) is 56.1 cm³/mol. The zero-order chi connectivity index (χ0) is 10.7. The lowest BCUT2D eigenvalue weighted by Crippen LogP contribution is -2.18. The van der Waals surface area contributed by atoms with Crippen molar-refractivity contribution in [3.63, 3.8) is 0 Å². The van der Waals surface area contributed by atoms with Crippen molar-refractivity contribution < 1.29 is 4.92 Å². The van der Waals surface area contributed by atoms with Crippen molar-refractivity contribution >= 4 is 0 Å². The Bertz CT molecular complexity index is 347. The smallest absolute Gasteiger partial charge is 0.214 e. The Morgan fingerprint density at radius 1 is 1.43 bits per heavy atom. The second-order valence-electron chi connectivity index (χ2n) is 3.70. The topological polar surface area (TPSA) is 43.1 Å². The Hall–Kier alpha value is -1.38. The Kier molecular flexibility index (Phi) is 3.23. The lowest BCUT2D eigenvalue weighted by molar-refractivity contribution is -0.517. The third kappa shape index (κ3) is 2.31. The minimum absolute atomic E-state index is 0.234. The zero-order valence-corrected chi connectivity index (χ0v) is 8.78. The third-order valence-electron chi connectivity index (χ3n) is 2.59. The number of hydrogen-bond acceptors (Lipinski definition) is 2. The molecule has 1 rings (SSSR count). The molecule has 0 saturated heterocycles. The lowest BCUT2D eigenvalue weighted by Gasteiger charge is -2.09. The first-order valence-electron chi connectivity index (χ1n) is 4.71. The summed E-state index contributed by atoms with van der Waals surface area (Å²) >= 11 is 0. The maximum absolute atomic E-state index is 10.5. The lowest BCUT2D eigenvalue weighted by atomic mass is 9.98. The molecule has 0 aliphatic rings. The fourth-order valence-electron chi connectivity index (χ4n) is 1.43. The first kappa shape index (κ1) is 10.7. The van der Waals surface area contributed by atoms with Crippen LogP contribution in [0, 0.1) is 24.0 Å². The number of rotatable bonds is 3. The molecule has 0 bridgehead atoms. The van der Waals surface area contributed by atoms with Crippen LogP contribution in [-0.2, 0) is 6.42 Å². The van der Waals surface area contributed by atoms with Crippen molar-refractivity contribution in [3.05, 3.63) is 45.0 Å². The van der Waals surface area contributed by atoms with Crippen LogP contribution < -0.4 is 0 Å². The summed E-state index contributed by atoms with van der Waals surface area (Å²) in [6.45, 7) is 5.68. The molecule has 0 amide bonds. The SMILES string of the molecule is Cc1cccc(CC(C)[N+](=O)[O-])c1C. The summed E-state index contributed by atoms with van der Waals surface area (Å²) in [6, 6.07) is 5.43. The molecule has 0 radical (unpaired) electrons. The van der Waals surface area contributed by atoms with E-state index in [1.54, 1.807) is 6.92 Å². The Labute approximate surface area is 83.9 Å². The van der Waals surface area contributed by atoms with Crippen LogP contribution in [0.1, 0.15) is 23.6 Å². The van der Waals surface area contributed by atoms with Gasteiger partial charge in [0, 0.05) is 18.3 Å². The van der Waals surface area contributed by atoms with Crippen molar-refractivity contribution in [2.75, 3.05) is 0 Å². The molecule has 1 atom stereocenters. The standard InChI is InChI=1S/C11H15NO2/c1-8-5-4-6-11(10(8)3)7-9(2)12(13)14/h4-6,9H,7H2,1-3H3. The maximum atomic E-state index is 10.5. The Morgan fingerprint density at radius 2 is 2.07 bits per heavy atom. The highest BCUT2D eigenvalue weighted by atomic mass is 16.6. The predicted octanol–water partition coefficient (Wildman–Crippen LogP) is 2.51. The number of nitro groups is 1. The average molecular weight is 193 g/mol. The monoisotopic (exact) mass is 193 g/mol. The van der Waals surface area contributed by atoms with Crippen LogP contribution in [0.5, 0.6) is 0 Å². The van der Waals surface area contributed by atoms with Gasteiger partial charge in [-0.2, -0.15) is 0 Å². The molecule has 1 aromatic carbocycles. The van der Waals surface area contributed by atoms with Gasteiger partial charge in [0.1, 0.15) is 0 Å². The van der Waals surface area contributed by atoms with Gasteiger partial charge in [0.2, 0.25) is 6.04 Å². The summed E-state index contributed by atoms with van der Waals surface area (Å²) in [4.78, 5) is 10.3. The molecule has 0 N–H and O–H groups in total. The van der Waals surface area contributed by atoms with E-state index in [1.165, 1.54) is 11.1 Å². The van der Waals surface area contributed by atoms with Gasteiger partial charge in [0.25, 0.3) is 0 Å². The van der Waals surface area contributed by atoms with Crippen LogP contribution >= 0.6 is 0 Å². The quantitative estimate of drug-likeness (QED) is 0.546. The van der Waals surface area contributed by atoms with E-state index >= 15 is 0 Å². The van der Waals surface area contributed by atoms with E-state index in [1.807, 2.05) is 32.0 Å². The van der Waals surface area contributed by atoms with Gasteiger partial charge in [-0.3, -0.25) is 10.1 Å². The molecule has 1 unspecified atom stereocenters. The highest BCUT2D eigenvalue weighted by Crippen LogP contribution is 2.15. The van der Waals surface area contributed by atoms with Gasteiger partial charge in [0.15, 0.2) is 0 Å². The van der Waals surface area contributed by atoms with E-state index in [0.29, 0.717) is 6.42 Å². The Balaban J connectivity index is 2.87. The fourth-order valence-corrected chi connectivity index (χ4v) is 1.43. The van der Waals surface area contributed by atoms with Gasteiger partial charge in [0.05, 0.1) is 0 Å². The fraction of sp³-hybridized carbons (Fsp3) is 0.455. The summed E-state index contributed by atoms with van der Waals surface area (Å²) in [5.41, 5.74) is 3.44. The van der Waals surface area contributed by atoms with Crippen molar-refractivity contribution in [2.24, 2.45) is 0 Å². The van der Waals surface area contributed by atoms with Crippen LogP contribution in [0.4, 0.5) is 0 Å². The molecule has 0 aliphatic heterocycles. The molecule has 0 heterocycles. The summed E-state index contributed by atoms with van der Waals surface area (Å²) < 4.78 is 0. The van der Waals surface area contributed by atoms with Crippen LogP contribution in [0.25, 0.3) is 0 Å². The number of nitrogens with zero attached hydrogens (tertiary/aromatic N) is 1. The van der Waals surface area contributed by atoms with Gasteiger partial charge in [-0.15, -0.1) is 0 Å². The number of aryl methyl sites for hydroxylation is 1. The highest BCUT2D eigenvalue weighted by Gasteiger charge is 2.14. The van der Waals surface area contributed by atoms with Crippen molar-refractivity contribution in [1.82, 2.24) is 0 Å². The highest BCUT2D eigenvalue weighted by molar-refractivity contribution is 5.33. The largest absolute Gasteiger partial charge is 0.264 e. The molecular formula is C11H15NO2. The van der Waals surface area contributed by atoms with Gasteiger partial charge >= 0.3 is 0 Å². The average Bonchev–Trinajstić information content (AvgIpc) is 2.12. The number of benzene rings is 1. The second kappa shape index (κ2) is 4.22. The number of hydrogen-bond donors (Lipinski definition) is 0. The normalized spacial score (nSPS) is 12.5. The minimum atomic E-state index is -0.504. The molecule has 0 aromatic heterocycles. The van der Waals surface area contributed by atoms with Gasteiger partial charge < -0.3 is 0 Å². The third-order valence-corrected chi connectivity index (χ3v) is 2.59. The zero-order valence-electron chi connectivity index (χ0n) is 8.78. The molecule has 3 nitrogen and oxygen atoms in total. The minimum Gasteiger partial charge on any atom is -0.264 e. The van der Waals surface area contributed by atoms with Crippen LogP contribution in [0.2, 0.25) is 0 Å². The molecule has 1 aromatic rings. The van der Waals surface area contributed by atoms with Gasteiger partial charge in [-0.25, -0.2) is 0 Å². The molecule has 0 saturated carbocycles. The molecule has 14 heavy (non-hydrogen) atoms. The van der Waals surface area contributed by atoms with E-state index in [-0.39, 0.29) is 4.92 Å². The first-order chi connectivity index (χ1) is 6.52.